The summed E-state index contributed by atoms with van der Waals surface area (Å²) in [6.07, 6.45) is 0.451. The maximum Gasteiger partial charge on any atom is 0.219 e. The zero-order chi connectivity index (χ0) is 13.8. The number of halogens is 1. The van der Waals surface area contributed by atoms with E-state index in [0.29, 0.717) is 13.0 Å². The smallest absolute Gasteiger partial charge is 0.219 e. The van der Waals surface area contributed by atoms with Gasteiger partial charge in [-0.3, -0.25) is 4.79 Å². The van der Waals surface area contributed by atoms with Crippen molar-refractivity contribution in [3.05, 3.63) is 29.6 Å². The van der Waals surface area contributed by atoms with Crippen molar-refractivity contribution in [2.45, 2.75) is 32.6 Å². The van der Waals surface area contributed by atoms with Crippen LogP contribution in [0.15, 0.2) is 18.2 Å². The number of ether oxygens (including phenoxy) is 1. The van der Waals surface area contributed by atoms with E-state index in [9.17, 15) is 9.18 Å². The van der Waals surface area contributed by atoms with E-state index in [0.717, 1.165) is 5.56 Å². The molecule has 4 heteroatoms. The molecule has 0 aromatic heterocycles. The second-order valence-corrected chi connectivity index (χ2v) is 4.86. The highest BCUT2D eigenvalue weighted by atomic mass is 19.1. The van der Waals surface area contributed by atoms with Crippen LogP contribution in [0, 0.1) is 5.82 Å². The highest BCUT2D eigenvalue weighted by molar-refractivity contribution is 5.75. The van der Waals surface area contributed by atoms with Gasteiger partial charge in [-0.1, -0.05) is 26.8 Å². The highest BCUT2D eigenvalue weighted by Crippen LogP contribution is 2.27. The van der Waals surface area contributed by atoms with Crippen molar-refractivity contribution < 1.29 is 13.9 Å². The van der Waals surface area contributed by atoms with Crippen LogP contribution in [-0.2, 0) is 10.2 Å². The second-order valence-electron chi connectivity index (χ2n) is 4.86. The normalized spacial score (nSPS) is 11.2. The summed E-state index contributed by atoms with van der Waals surface area (Å²) in [4.78, 5) is 11.3. The third-order valence-corrected chi connectivity index (χ3v) is 2.98. The third kappa shape index (κ3) is 3.45. The molecule has 0 aliphatic heterocycles. The summed E-state index contributed by atoms with van der Waals surface area (Å²) in [6, 6.07) is 4.88. The van der Waals surface area contributed by atoms with Crippen LogP contribution in [0.1, 0.15) is 32.8 Å². The molecule has 1 N–H and O–H groups in total. The van der Waals surface area contributed by atoms with Crippen LogP contribution in [0.5, 0.6) is 5.75 Å². The number of hydrogen-bond acceptors (Lipinski definition) is 2. The maximum absolute atomic E-state index is 13.6. The van der Waals surface area contributed by atoms with Gasteiger partial charge in [-0.15, -0.1) is 0 Å². The summed E-state index contributed by atoms with van der Waals surface area (Å²) in [5.41, 5.74) is 0.509. The monoisotopic (exact) mass is 253 g/mol. The van der Waals surface area contributed by atoms with Crippen LogP contribution in [0.4, 0.5) is 4.39 Å². The Morgan fingerprint density at radius 1 is 1.44 bits per heavy atom. The Kier molecular flexibility index (Phi) is 4.70. The molecule has 0 spiro atoms. The van der Waals surface area contributed by atoms with Crippen LogP contribution < -0.4 is 10.1 Å². The Bertz CT molecular complexity index is 430. The molecule has 1 aromatic rings. The summed E-state index contributed by atoms with van der Waals surface area (Å²) in [7, 11) is 1.44. The van der Waals surface area contributed by atoms with Gasteiger partial charge in [0.15, 0.2) is 11.6 Å². The van der Waals surface area contributed by atoms with Gasteiger partial charge in [-0.05, 0) is 17.7 Å². The minimum absolute atomic E-state index is 0.00272. The van der Waals surface area contributed by atoms with Crippen LogP contribution in [0.25, 0.3) is 0 Å². The van der Waals surface area contributed by atoms with Crippen molar-refractivity contribution in [2.75, 3.05) is 13.7 Å². The molecule has 0 heterocycles. The summed E-state index contributed by atoms with van der Waals surface area (Å²) in [5.74, 6) is -0.158. The maximum atomic E-state index is 13.6. The van der Waals surface area contributed by atoms with Crippen LogP contribution in [0.3, 0.4) is 0 Å². The van der Waals surface area contributed by atoms with Gasteiger partial charge in [-0.2, -0.15) is 0 Å². The van der Waals surface area contributed by atoms with Gasteiger partial charge in [0, 0.05) is 18.4 Å². The lowest BCUT2D eigenvalue weighted by Crippen LogP contribution is -2.36. The SMILES string of the molecule is CCC(=O)NCC(C)(C)c1ccc(OC)c(F)c1. The fourth-order valence-corrected chi connectivity index (χ4v) is 1.63. The van der Waals surface area contributed by atoms with Crippen molar-refractivity contribution in [3.8, 4) is 5.75 Å². The average molecular weight is 253 g/mol. The first-order valence-corrected chi connectivity index (χ1v) is 6.01. The van der Waals surface area contributed by atoms with Crippen LogP contribution >= 0.6 is 0 Å². The number of methoxy groups -OCH3 is 1. The minimum Gasteiger partial charge on any atom is -0.494 e. The second kappa shape index (κ2) is 5.85. The predicted octanol–water partition coefficient (Wildman–Crippen LogP) is 2.64. The number of amides is 1. The minimum atomic E-state index is -0.384. The lowest BCUT2D eigenvalue weighted by molar-refractivity contribution is -0.121. The summed E-state index contributed by atoms with van der Waals surface area (Å²) in [6.45, 7) is 6.20. The van der Waals surface area contributed by atoms with Gasteiger partial charge in [0.1, 0.15) is 0 Å². The molecule has 0 bridgehead atoms. The van der Waals surface area contributed by atoms with Crippen molar-refractivity contribution in [1.82, 2.24) is 5.32 Å². The number of carbonyl (C=O) groups excluding carboxylic acids is 1. The Morgan fingerprint density at radius 2 is 2.11 bits per heavy atom. The Labute approximate surface area is 107 Å². The molecule has 1 rings (SSSR count). The number of carbonyl (C=O) groups is 1. The van der Waals surface area contributed by atoms with Gasteiger partial charge in [0.05, 0.1) is 7.11 Å². The van der Waals surface area contributed by atoms with E-state index >= 15 is 0 Å². The first kappa shape index (κ1) is 14.5. The molecule has 100 valence electrons. The molecular weight excluding hydrogens is 233 g/mol. The molecule has 18 heavy (non-hydrogen) atoms. The first-order valence-electron chi connectivity index (χ1n) is 6.01. The zero-order valence-electron chi connectivity index (χ0n) is 11.3. The lowest BCUT2D eigenvalue weighted by atomic mass is 9.84. The largest absolute Gasteiger partial charge is 0.494 e. The summed E-state index contributed by atoms with van der Waals surface area (Å²) in [5, 5.41) is 2.83. The Morgan fingerprint density at radius 3 is 2.61 bits per heavy atom. The van der Waals surface area contributed by atoms with Crippen molar-refractivity contribution in [2.24, 2.45) is 0 Å². The highest BCUT2D eigenvalue weighted by Gasteiger charge is 2.22. The summed E-state index contributed by atoms with van der Waals surface area (Å²) >= 11 is 0. The molecule has 0 fully saturated rings. The van der Waals surface area contributed by atoms with E-state index in [1.54, 1.807) is 13.0 Å². The molecule has 0 radical (unpaired) electrons. The molecule has 1 amide bonds. The Balaban J connectivity index is 2.84. The Hall–Kier alpha value is -1.58. The number of rotatable bonds is 5. The van der Waals surface area contributed by atoms with Crippen molar-refractivity contribution in [1.29, 1.82) is 0 Å². The average Bonchev–Trinajstić information content (AvgIpc) is 2.35. The van der Waals surface area contributed by atoms with Crippen LogP contribution in [0.2, 0.25) is 0 Å². The quantitative estimate of drug-likeness (QED) is 0.876. The summed E-state index contributed by atoms with van der Waals surface area (Å²) < 4.78 is 18.5. The van der Waals surface area contributed by atoms with Gasteiger partial charge < -0.3 is 10.1 Å². The van der Waals surface area contributed by atoms with E-state index in [1.807, 2.05) is 19.9 Å². The molecule has 1 aromatic carbocycles. The molecule has 0 atom stereocenters. The third-order valence-electron chi connectivity index (χ3n) is 2.98. The van der Waals surface area contributed by atoms with Crippen molar-refractivity contribution in [3.63, 3.8) is 0 Å². The van der Waals surface area contributed by atoms with Gasteiger partial charge in [0.2, 0.25) is 5.91 Å². The standard InChI is InChI=1S/C14H20FNO2/c1-5-13(17)16-9-14(2,3)10-6-7-12(18-4)11(15)8-10/h6-8H,5,9H2,1-4H3,(H,16,17). The molecule has 0 unspecified atom stereocenters. The topological polar surface area (TPSA) is 38.3 Å². The number of nitrogens with one attached hydrogen (secondary N) is 1. The van der Waals surface area contributed by atoms with E-state index < -0.39 is 0 Å². The van der Waals surface area contributed by atoms with Crippen LogP contribution in [-0.4, -0.2) is 19.6 Å². The molecule has 0 aliphatic rings. The first-order chi connectivity index (χ1) is 8.40. The lowest BCUT2D eigenvalue weighted by Gasteiger charge is -2.26. The molecule has 0 aliphatic carbocycles. The van der Waals surface area contributed by atoms with Gasteiger partial charge in [0.25, 0.3) is 0 Å². The fourth-order valence-electron chi connectivity index (χ4n) is 1.63. The number of benzene rings is 1. The predicted molar refractivity (Wildman–Crippen MR) is 69.3 cm³/mol. The van der Waals surface area contributed by atoms with Gasteiger partial charge >= 0.3 is 0 Å². The van der Waals surface area contributed by atoms with E-state index in [-0.39, 0.29) is 22.9 Å². The van der Waals surface area contributed by atoms with Crippen molar-refractivity contribution >= 4 is 5.91 Å². The number of hydrogen-bond donors (Lipinski definition) is 1. The molecule has 3 nitrogen and oxygen atoms in total. The van der Waals surface area contributed by atoms with E-state index in [1.165, 1.54) is 13.2 Å². The fraction of sp³-hybridized carbons (Fsp3) is 0.500. The zero-order valence-corrected chi connectivity index (χ0v) is 11.3. The molecular formula is C14H20FNO2. The molecule has 0 saturated carbocycles. The van der Waals surface area contributed by atoms with E-state index in [2.05, 4.69) is 5.32 Å². The van der Waals surface area contributed by atoms with E-state index in [4.69, 9.17) is 4.74 Å². The molecule has 0 saturated heterocycles. The van der Waals surface area contributed by atoms with Gasteiger partial charge in [-0.25, -0.2) is 4.39 Å².